The number of ether oxygens (including phenoxy) is 1. The minimum atomic E-state index is -0.828. The number of rotatable bonds is 7. The minimum absolute atomic E-state index is 0.0307. The molecule has 0 spiro atoms. The Kier molecular flexibility index (Phi) is 5.73. The maximum absolute atomic E-state index is 11.0. The largest absolute Gasteiger partial charge is 0.481 e. The van der Waals surface area contributed by atoms with E-state index in [2.05, 4.69) is 36.1 Å². The van der Waals surface area contributed by atoms with E-state index >= 15 is 0 Å². The first-order valence-electron chi connectivity index (χ1n) is 6.73. The average molecular weight is 281 g/mol. The normalized spacial score (nSPS) is 12.8. The second-order valence-corrected chi connectivity index (χ2v) is 5.88. The van der Waals surface area contributed by atoms with E-state index in [1.807, 2.05) is 6.92 Å². The summed E-state index contributed by atoms with van der Waals surface area (Å²) in [4.78, 5) is 19.0. The Morgan fingerprint density at radius 3 is 2.70 bits per heavy atom. The lowest BCUT2D eigenvalue weighted by Crippen LogP contribution is -2.28. The fraction of sp³-hybridized carbons (Fsp3) is 0.643. The number of hydrogen-bond donors (Lipinski definition) is 2. The number of aliphatic carboxylic acids is 1. The van der Waals surface area contributed by atoms with E-state index in [0.29, 0.717) is 18.3 Å². The summed E-state index contributed by atoms with van der Waals surface area (Å²) < 4.78 is 5.30. The van der Waals surface area contributed by atoms with E-state index in [-0.39, 0.29) is 17.9 Å². The Morgan fingerprint density at radius 1 is 1.45 bits per heavy atom. The summed E-state index contributed by atoms with van der Waals surface area (Å²) in [6.07, 6.45) is 2.18. The van der Waals surface area contributed by atoms with Crippen LogP contribution in [0.15, 0.2) is 12.4 Å². The van der Waals surface area contributed by atoms with Gasteiger partial charge in [0.2, 0.25) is 5.88 Å². The Morgan fingerprint density at radius 2 is 2.15 bits per heavy atom. The van der Waals surface area contributed by atoms with Gasteiger partial charge in [-0.25, -0.2) is 9.97 Å². The van der Waals surface area contributed by atoms with E-state index in [1.54, 1.807) is 6.07 Å². The number of hydrogen-bond acceptors (Lipinski definition) is 5. The molecule has 1 heterocycles. The van der Waals surface area contributed by atoms with Crippen LogP contribution in [0.2, 0.25) is 0 Å². The molecule has 2 N–H and O–H groups in total. The maximum Gasteiger partial charge on any atom is 0.305 e. The van der Waals surface area contributed by atoms with Crippen LogP contribution in [0.5, 0.6) is 5.88 Å². The second-order valence-electron chi connectivity index (χ2n) is 5.88. The minimum Gasteiger partial charge on any atom is -0.481 e. The maximum atomic E-state index is 11.0. The smallest absolute Gasteiger partial charge is 0.305 e. The molecule has 1 rings (SSSR count). The van der Waals surface area contributed by atoms with Gasteiger partial charge in [0.15, 0.2) is 0 Å². The molecule has 6 heteroatoms. The first-order valence-corrected chi connectivity index (χ1v) is 6.73. The molecular formula is C14H23N3O3. The number of carboxylic acids is 1. The number of nitrogens with zero attached hydrogens (tertiary/aromatic N) is 2. The molecular weight excluding hydrogens is 258 g/mol. The van der Waals surface area contributed by atoms with Gasteiger partial charge < -0.3 is 15.2 Å². The van der Waals surface area contributed by atoms with Crippen molar-refractivity contribution >= 4 is 11.8 Å². The lowest BCUT2D eigenvalue weighted by molar-refractivity contribution is -0.137. The fourth-order valence-electron chi connectivity index (χ4n) is 1.98. The van der Waals surface area contributed by atoms with Crippen LogP contribution < -0.4 is 10.1 Å². The zero-order valence-electron chi connectivity index (χ0n) is 12.5. The highest BCUT2D eigenvalue weighted by molar-refractivity contribution is 5.68. The first kappa shape index (κ1) is 16.2. The number of aromatic nitrogens is 2. The molecule has 0 aliphatic heterocycles. The molecule has 1 aromatic rings. The molecule has 0 saturated heterocycles. The van der Waals surface area contributed by atoms with Crippen molar-refractivity contribution in [2.24, 2.45) is 5.41 Å². The summed E-state index contributed by atoms with van der Waals surface area (Å²) in [5, 5.41) is 12.2. The average Bonchev–Trinajstić information content (AvgIpc) is 2.26. The van der Waals surface area contributed by atoms with Crippen molar-refractivity contribution in [1.29, 1.82) is 0 Å². The van der Waals surface area contributed by atoms with Crippen LogP contribution in [0.1, 0.15) is 40.5 Å². The quantitative estimate of drug-likeness (QED) is 0.799. The number of anilines is 1. The topological polar surface area (TPSA) is 84.3 Å². The van der Waals surface area contributed by atoms with Crippen LogP contribution >= 0.6 is 0 Å². The van der Waals surface area contributed by atoms with Gasteiger partial charge in [-0.15, -0.1) is 0 Å². The zero-order chi connectivity index (χ0) is 15.2. The van der Waals surface area contributed by atoms with Crippen molar-refractivity contribution in [2.75, 3.05) is 11.9 Å². The molecule has 1 unspecified atom stereocenters. The van der Waals surface area contributed by atoms with Crippen molar-refractivity contribution < 1.29 is 14.6 Å². The molecule has 6 nitrogen and oxygen atoms in total. The lowest BCUT2D eigenvalue weighted by atomic mass is 9.87. The van der Waals surface area contributed by atoms with Crippen molar-refractivity contribution in [3.05, 3.63) is 12.4 Å². The van der Waals surface area contributed by atoms with Crippen LogP contribution in [-0.2, 0) is 4.79 Å². The summed E-state index contributed by atoms with van der Waals surface area (Å²) in [6, 6.07) is 1.50. The lowest BCUT2D eigenvalue weighted by Gasteiger charge is -2.26. The summed E-state index contributed by atoms with van der Waals surface area (Å²) in [7, 11) is 0. The Labute approximate surface area is 119 Å². The van der Waals surface area contributed by atoms with Crippen LogP contribution in [0.3, 0.4) is 0 Å². The predicted molar refractivity (Wildman–Crippen MR) is 76.9 cm³/mol. The van der Waals surface area contributed by atoms with Gasteiger partial charge in [0, 0.05) is 12.1 Å². The summed E-state index contributed by atoms with van der Waals surface area (Å²) in [5.74, 6) is 0.236. The SMILES string of the molecule is CCOc1cc(NC(CC(=O)O)CC(C)(C)C)ncn1. The van der Waals surface area contributed by atoms with Crippen LogP contribution in [0, 0.1) is 5.41 Å². The highest BCUT2D eigenvalue weighted by Crippen LogP contribution is 2.24. The van der Waals surface area contributed by atoms with E-state index in [9.17, 15) is 4.79 Å². The van der Waals surface area contributed by atoms with Gasteiger partial charge >= 0.3 is 5.97 Å². The molecule has 0 radical (unpaired) electrons. The molecule has 0 bridgehead atoms. The molecule has 0 saturated carbocycles. The van der Waals surface area contributed by atoms with E-state index in [1.165, 1.54) is 6.33 Å². The summed E-state index contributed by atoms with van der Waals surface area (Å²) in [6.45, 7) is 8.64. The molecule has 112 valence electrons. The Bertz CT molecular complexity index is 444. The molecule has 0 amide bonds. The van der Waals surface area contributed by atoms with Crippen LogP contribution in [0.25, 0.3) is 0 Å². The molecule has 0 aromatic carbocycles. The van der Waals surface area contributed by atoms with Gasteiger partial charge in [-0.1, -0.05) is 20.8 Å². The number of carbonyl (C=O) groups is 1. The number of carboxylic acid groups (broad SMARTS) is 1. The van der Waals surface area contributed by atoms with Gasteiger partial charge in [-0.3, -0.25) is 4.79 Å². The molecule has 1 atom stereocenters. The monoisotopic (exact) mass is 281 g/mol. The van der Waals surface area contributed by atoms with Crippen LogP contribution in [0.4, 0.5) is 5.82 Å². The molecule has 0 aliphatic carbocycles. The highest BCUT2D eigenvalue weighted by atomic mass is 16.5. The standard InChI is InChI=1S/C14H23N3O3/c1-5-20-12-7-11(15-9-16-12)17-10(6-13(18)19)8-14(2,3)4/h7,9-10H,5-6,8H2,1-4H3,(H,18,19)(H,15,16,17). The van der Waals surface area contributed by atoms with E-state index < -0.39 is 5.97 Å². The van der Waals surface area contributed by atoms with Gasteiger partial charge in [0.05, 0.1) is 13.0 Å². The third-order valence-corrected chi connectivity index (χ3v) is 2.57. The zero-order valence-corrected chi connectivity index (χ0v) is 12.5. The van der Waals surface area contributed by atoms with Crippen molar-refractivity contribution in [3.8, 4) is 5.88 Å². The van der Waals surface area contributed by atoms with Gasteiger partial charge in [-0.2, -0.15) is 0 Å². The summed E-state index contributed by atoms with van der Waals surface area (Å²) in [5.41, 5.74) is 0.0307. The second kappa shape index (κ2) is 7.07. The van der Waals surface area contributed by atoms with Gasteiger partial charge in [0.25, 0.3) is 0 Å². The molecule has 20 heavy (non-hydrogen) atoms. The summed E-state index contributed by atoms with van der Waals surface area (Å²) >= 11 is 0. The molecule has 0 aliphatic rings. The fourth-order valence-corrected chi connectivity index (χ4v) is 1.98. The third-order valence-electron chi connectivity index (χ3n) is 2.57. The van der Waals surface area contributed by atoms with Crippen LogP contribution in [-0.4, -0.2) is 33.7 Å². The third kappa shape index (κ3) is 6.36. The number of nitrogens with one attached hydrogen (secondary N) is 1. The van der Waals surface area contributed by atoms with Gasteiger partial charge in [0.1, 0.15) is 12.1 Å². The Balaban J connectivity index is 2.77. The first-order chi connectivity index (χ1) is 9.30. The van der Waals surface area contributed by atoms with E-state index in [4.69, 9.17) is 9.84 Å². The Hall–Kier alpha value is -1.85. The van der Waals surface area contributed by atoms with Gasteiger partial charge in [-0.05, 0) is 18.8 Å². The molecule has 0 fully saturated rings. The highest BCUT2D eigenvalue weighted by Gasteiger charge is 2.21. The van der Waals surface area contributed by atoms with Crippen molar-refractivity contribution in [1.82, 2.24) is 9.97 Å². The van der Waals surface area contributed by atoms with E-state index in [0.717, 1.165) is 6.42 Å². The predicted octanol–water partition coefficient (Wildman–Crippen LogP) is 2.57. The van der Waals surface area contributed by atoms with Crippen molar-refractivity contribution in [2.45, 2.75) is 46.6 Å². The van der Waals surface area contributed by atoms with Crippen molar-refractivity contribution in [3.63, 3.8) is 0 Å². The molecule has 1 aromatic heterocycles.